The predicted octanol–water partition coefficient (Wildman–Crippen LogP) is 5.38. The van der Waals surface area contributed by atoms with E-state index >= 15 is 0 Å². The molecule has 40 heavy (non-hydrogen) atoms. The summed E-state index contributed by atoms with van der Waals surface area (Å²) in [6.07, 6.45) is 0. The van der Waals surface area contributed by atoms with Crippen LogP contribution in [-0.4, -0.2) is 49.9 Å². The van der Waals surface area contributed by atoms with Gasteiger partial charge in [-0.15, -0.1) is 0 Å². The number of hydrogen-bond acceptors (Lipinski definition) is 5. The number of halogens is 1. The van der Waals surface area contributed by atoms with Gasteiger partial charge in [-0.25, -0.2) is 8.42 Å². The summed E-state index contributed by atoms with van der Waals surface area (Å²) in [7, 11) is -4.18. The lowest BCUT2D eigenvalue weighted by Gasteiger charge is -2.33. The van der Waals surface area contributed by atoms with Crippen LogP contribution in [-0.2, 0) is 26.2 Å². The van der Waals surface area contributed by atoms with Crippen molar-refractivity contribution in [1.82, 2.24) is 10.2 Å². The molecule has 8 nitrogen and oxygen atoms in total. The normalized spacial score (nSPS) is 12.3. The second kappa shape index (κ2) is 13.3. The van der Waals surface area contributed by atoms with E-state index < -0.39 is 34.1 Å². The summed E-state index contributed by atoms with van der Waals surface area (Å²) >= 11 is 3.42. The Hall–Kier alpha value is -3.37. The highest BCUT2D eigenvalue weighted by atomic mass is 79.9. The number of anilines is 1. The van der Waals surface area contributed by atoms with Gasteiger partial charge in [0.2, 0.25) is 11.8 Å². The lowest BCUT2D eigenvalue weighted by molar-refractivity contribution is -0.140. The minimum Gasteiger partial charge on any atom is -0.492 e. The van der Waals surface area contributed by atoms with E-state index in [0.717, 1.165) is 14.3 Å². The Bertz CT molecular complexity index is 1410. The van der Waals surface area contributed by atoms with Gasteiger partial charge in [-0.2, -0.15) is 0 Å². The molecule has 0 aromatic heterocycles. The van der Waals surface area contributed by atoms with Gasteiger partial charge in [-0.3, -0.25) is 13.9 Å². The Balaban J connectivity index is 2.07. The van der Waals surface area contributed by atoms with Gasteiger partial charge in [-0.05, 0) is 76.6 Å². The molecular weight excluding hydrogens is 594 g/mol. The zero-order valence-corrected chi connectivity index (χ0v) is 25.8. The van der Waals surface area contributed by atoms with E-state index in [1.807, 2.05) is 45.0 Å². The van der Waals surface area contributed by atoms with Crippen LogP contribution in [0, 0.1) is 0 Å². The first-order valence-corrected chi connectivity index (χ1v) is 15.2. The van der Waals surface area contributed by atoms with Crippen molar-refractivity contribution in [3.8, 4) is 5.75 Å². The Morgan fingerprint density at radius 2 is 1.55 bits per heavy atom. The third-order valence-electron chi connectivity index (χ3n) is 5.98. The Kier molecular flexibility index (Phi) is 10.4. The second-order valence-corrected chi connectivity index (χ2v) is 13.1. The topological polar surface area (TPSA) is 96.0 Å². The summed E-state index contributed by atoms with van der Waals surface area (Å²) in [6.45, 7) is 8.90. The molecular formula is C30H36BrN3O5S. The number of hydrogen-bond donors (Lipinski definition) is 1. The lowest BCUT2D eigenvalue weighted by Crippen LogP contribution is -2.54. The van der Waals surface area contributed by atoms with Crippen molar-refractivity contribution in [3.63, 3.8) is 0 Å². The highest BCUT2D eigenvalue weighted by molar-refractivity contribution is 9.10. The van der Waals surface area contributed by atoms with Crippen LogP contribution in [0.1, 0.15) is 40.2 Å². The van der Waals surface area contributed by atoms with Crippen molar-refractivity contribution in [2.24, 2.45) is 0 Å². The number of nitrogens with zero attached hydrogens (tertiary/aromatic N) is 2. The molecule has 1 atom stereocenters. The van der Waals surface area contributed by atoms with Gasteiger partial charge in [0.25, 0.3) is 10.0 Å². The third kappa shape index (κ3) is 8.08. The van der Waals surface area contributed by atoms with E-state index in [2.05, 4.69) is 21.2 Å². The van der Waals surface area contributed by atoms with Crippen LogP contribution in [0.4, 0.5) is 5.69 Å². The fraction of sp³-hybridized carbons (Fsp3) is 0.333. The van der Waals surface area contributed by atoms with Gasteiger partial charge in [0.15, 0.2) is 0 Å². The van der Waals surface area contributed by atoms with Gasteiger partial charge in [-0.1, -0.05) is 58.4 Å². The Labute approximate surface area is 245 Å². The molecule has 3 aromatic rings. The summed E-state index contributed by atoms with van der Waals surface area (Å²) in [4.78, 5) is 28.7. The molecule has 2 amide bonds. The van der Waals surface area contributed by atoms with Crippen LogP contribution in [0.15, 0.2) is 88.2 Å². The van der Waals surface area contributed by atoms with Crippen molar-refractivity contribution < 1.29 is 22.7 Å². The van der Waals surface area contributed by atoms with E-state index in [0.29, 0.717) is 12.4 Å². The van der Waals surface area contributed by atoms with E-state index in [9.17, 15) is 18.0 Å². The number of benzene rings is 3. The maximum Gasteiger partial charge on any atom is 0.264 e. The van der Waals surface area contributed by atoms with Crippen molar-refractivity contribution in [3.05, 3.63) is 88.9 Å². The summed E-state index contributed by atoms with van der Waals surface area (Å²) < 4.78 is 35.6. The lowest BCUT2D eigenvalue weighted by atomic mass is 10.1. The molecule has 0 aliphatic rings. The van der Waals surface area contributed by atoms with E-state index in [1.165, 1.54) is 17.0 Å². The van der Waals surface area contributed by atoms with Crippen LogP contribution in [0.5, 0.6) is 5.75 Å². The summed E-state index contributed by atoms with van der Waals surface area (Å²) in [5.74, 6) is -0.550. The molecule has 0 spiro atoms. The number of rotatable bonds is 11. The molecule has 0 saturated carbocycles. The quantitative estimate of drug-likeness (QED) is 0.307. The number of ether oxygens (including phenoxy) is 1. The van der Waals surface area contributed by atoms with E-state index in [-0.39, 0.29) is 23.0 Å². The summed E-state index contributed by atoms with van der Waals surface area (Å²) in [6, 6.07) is 21.1. The Morgan fingerprint density at radius 3 is 2.15 bits per heavy atom. The smallest absolute Gasteiger partial charge is 0.264 e. The van der Waals surface area contributed by atoms with E-state index in [1.54, 1.807) is 56.3 Å². The maximum absolute atomic E-state index is 14.0. The molecule has 0 bridgehead atoms. The van der Waals surface area contributed by atoms with Gasteiger partial charge in [0.05, 0.1) is 17.2 Å². The molecule has 0 saturated heterocycles. The third-order valence-corrected chi connectivity index (χ3v) is 8.28. The average molecular weight is 631 g/mol. The first-order valence-electron chi connectivity index (χ1n) is 13.0. The predicted molar refractivity (Wildman–Crippen MR) is 161 cm³/mol. The fourth-order valence-electron chi connectivity index (χ4n) is 4.02. The fourth-order valence-corrected chi connectivity index (χ4v) is 5.73. The van der Waals surface area contributed by atoms with Crippen LogP contribution in [0.25, 0.3) is 0 Å². The number of para-hydroxylation sites is 2. The molecule has 0 fully saturated rings. The van der Waals surface area contributed by atoms with Crippen molar-refractivity contribution in [2.45, 2.75) is 57.6 Å². The van der Waals surface area contributed by atoms with E-state index in [4.69, 9.17) is 4.74 Å². The van der Waals surface area contributed by atoms with Crippen LogP contribution < -0.4 is 14.4 Å². The zero-order valence-electron chi connectivity index (χ0n) is 23.4. The minimum atomic E-state index is -4.18. The number of amides is 2. The Morgan fingerprint density at radius 1 is 0.950 bits per heavy atom. The highest BCUT2D eigenvalue weighted by Crippen LogP contribution is 2.33. The minimum absolute atomic E-state index is 0.0343. The van der Waals surface area contributed by atoms with Crippen LogP contribution >= 0.6 is 15.9 Å². The highest BCUT2D eigenvalue weighted by Gasteiger charge is 2.34. The molecule has 3 aromatic carbocycles. The monoisotopic (exact) mass is 629 g/mol. The number of carbonyl (C=O) groups is 2. The molecule has 0 radical (unpaired) electrons. The van der Waals surface area contributed by atoms with Gasteiger partial charge >= 0.3 is 0 Å². The number of sulfonamides is 1. The average Bonchev–Trinajstić information content (AvgIpc) is 2.91. The van der Waals surface area contributed by atoms with Crippen molar-refractivity contribution in [2.75, 3.05) is 17.5 Å². The SMILES string of the molecule is CCOc1ccccc1N(CC(=O)N(Cc1ccc(Br)cc1)[C@@H](C)C(=O)NC(C)(C)C)S(=O)(=O)c1ccccc1. The van der Waals surface area contributed by atoms with Gasteiger partial charge in [0, 0.05) is 16.6 Å². The van der Waals surface area contributed by atoms with Crippen LogP contribution in [0.3, 0.4) is 0 Å². The molecule has 0 unspecified atom stereocenters. The molecule has 3 rings (SSSR count). The second-order valence-electron chi connectivity index (χ2n) is 10.3. The number of nitrogens with one attached hydrogen (secondary N) is 1. The first-order chi connectivity index (χ1) is 18.8. The molecule has 0 heterocycles. The standard InChI is InChI=1S/C30H36BrN3O5S/c1-6-39-27-15-11-10-14-26(27)34(40(37,38)25-12-8-7-9-13-25)21-28(35)33(20-23-16-18-24(31)19-17-23)22(2)29(36)32-30(3,4)5/h7-19,22H,6,20-21H2,1-5H3,(H,32,36)/t22-/m0/s1. The van der Waals surface area contributed by atoms with Gasteiger partial charge < -0.3 is 15.0 Å². The first kappa shape index (κ1) is 31.2. The summed E-state index contributed by atoms with van der Waals surface area (Å²) in [5.41, 5.74) is 0.507. The number of carbonyl (C=O) groups excluding carboxylic acids is 2. The molecule has 214 valence electrons. The maximum atomic E-state index is 14.0. The zero-order chi connectivity index (χ0) is 29.5. The molecule has 10 heteroatoms. The van der Waals surface area contributed by atoms with Crippen molar-refractivity contribution in [1.29, 1.82) is 0 Å². The molecule has 1 N–H and O–H groups in total. The molecule has 0 aliphatic heterocycles. The van der Waals surface area contributed by atoms with Gasteiger partial charge in [0.1, 0.15) is 18.3 Å². The largest absolute Gasteiger partial charge is 0.492 e. The molecule has 0 aliphatic carbocycles. The summed E-state index contributed by atoms with van der Waals surface area (Å²) in [5, 5.41) is 2.92. The van der Waals surface area contributed by atoms with Crippen LogP contribution in [0.2, 0.25) is 0 Å². The van der Waals surface area contributed by atoms with Crippen molar-refractivity contribution >= 4 is 43.5 Å².